The molecule has 4 rings (SSSR count). The predicted molar refractivity (Wildman–Crippen MR) is 143 cm³/mol. The van der Waals surface area contributed by atoms with Crippen LogP contribution in [0.15, 0.2) is 91.0 Å². The van der Waals surface area contributed by atoms with Crippen LogP contribution in [0.1, 0.15) is 21.5 Å². The average molecular weight is 554 g/mol. The van der Waals surface area contributed by atoms with Crippen molar-refractivity contribution in [2.24, 2.45) is 0 Å². The van der Waals surface area contributed by atoms with E-state index in [9.17, 15) is 27.9 Å². The number of carbonyl (C=O) groups excluding carboxylic acids is 1. The first kappa shape index (κ1) is 27.7. The number of carboxylic acid groups (broad SMARTS) is 1. The summed E-state index contributed by atoms with van der Waals surface area (Å²) in [5.74, 6) is -1.71. The predicted octanol–water partition coefficient (Wildman–Crippen LogP) is 7.13. The normalized spacial score (nSPS) is 12.0. The zero-order chi connectivity index (χ0) is 28.2. The van der Waals surface area contributed by atoms with Gasteiger partial charge in [-0.25, -0.2) is 4.79 Å². The Kier molecular flexibility index (Phi) is 8.26. The number of halogens is 4. The average Bonchev–Trinajstić information content (AvgIpc) is 2.92. The highest BCUT2D eigenvalue weighted by Gasteiger charge is 2.30. The topological polar surface area (TPSA) is 75.6 Å². The highest BCUT2D eigenvalue weighted by atomic mass is 35.5. The Morgan fingerprint density at radius 2 is 1.36 bits per heavy atom. The van der Waals surface area contributed by atoms with Crippen molar-refractivity contribution in [1.82, 2.24) is 5.32 Å². The van der Waals surface area contributed by atoms with E-state index in [0.29, 0.717) is 21.7 Å². The molecule has 0 aliphatic heterocycles. The minimum absolute atomic E-state index is 0.0306. The molecule has 0 bridgehead atoms. The van der Waals surface area contributed by atoms with Gasteiger partial charge in [-0.15, -0.1) is 0 Å². The summed E-state index contributed by atoms with van der Waals surface area (Å²) in [5, 5.41) is 12.9. The molecule has 0 heterocycles. The number of nitrogens with one attached hydrogen (secondary N) is 1. The Balaban J connectivity index is 1.52. The number of aliphatic carboxylic acids is 1. The Morgan fingerprint density at radius 1 is 0.846 bits per heavy atom. The molecule has 0 saturated heterocycles. The molecule has 2 N–H and O–H groups in total. The fraction of sp³-hybridized carbons (Fsp3) is 0.133. The number of hydrogen-bond donors (Lipinski definition) is 2. The fourth-order valence-corrected chi connectivity index (χ4v) is 4.19. The van der Waals surface area contributed by atoms with Crippen LogP contribution in [0.4, 0.5) is 13.2 Å². The number of rotatable bonds is 8. The molecule has 0 spiro atoms. The maximum atomic E-state index is 13.2. The van der Waals surface area contributed by atoms with Crippen LogP contribution in [0.2, 0.25) is 5.02 Å². The molecular weight excluding hydrogens is 531 g/mol. The van der Waals surface area contributed by atoms with E-state index in [2.05, 4.69) is 5.32 Å². The van der Waals surface area contributed by atoms with E-state index < -0.39 is 29.7 Å². The molecular formula is C30H23ClF3NO4. The van der Waals surface area contributed by atoms with Gasteiger partial charge in [0.05, 0.1) is 18.2 Å². The van der Waals surface area contributed by atoms with Gasteiger partial charge < -0.3 is 15.2 Å². The number of amides is 1. The van der Waals surface area contributed by atoms with Crippen molar-refractivity contribution in [3.8, 4) is 28.0 Å². The van der Waals surface area contributed by atoms with Gasteiger partial charge in [0, 0.05) is 11.4 Å². The zero-order valence-electron chi connectivity index (χ0n) is 20.6. The van der Waals surface area contributed by atoms with E-state index in [1.54, 1.807) is 30.3 Å². The molecule has 200 valence electrons. The third-order valence-electron chi connectivity index (χ3n) is 6.16. The standard InChI is InChI=1S/C30H23ClF3NO4/c1-39-27-15-10-22(21-6-11-23(12-7-21)30(32,33)34)17-25(27)28(36)35-26(29(37)38)16-18-2-4-19(5-3-18)20-8-13-24(31)14-9-20/h2-15,17,26H,16H2,1H3,(H,35,36)(H,37,38)/t26-/m1/s1. The molecule has 0 fully saturated rings. The summed E-state index contributed by atoms with van der Waals surface area (Å²) in [7, 11) is 1.36. The zero-order valence-corrected chi connectivity index (χ0v) is 21.4. The molecule has 1 atom stereocenters. The summed E-state index contributed by atoms with van der Waals surface area (Å²) in [6.45, 7) is 0. The lowest BCUT2D eigenvalue weighted by atomic mass is 9.99. The molecule has 1 amide bonds. The Bertz CT molecular complexity index is 1470. The quantitative estimate of drug-likeness (QED) is 0.243. The highest BCUT2D eigenvalue weighted by Crippen LogP contribution is 2.32. The summed E-state index contributed by atoms with van der Waals surface area (Å²) >= 11 is 5.94. The van der Waals surface area contributed by atoms with Gasteiger partial charge in [0.2, 0.25) is 0 Å². The Morgan fingerprint density at radius 3 is 1.90 bits per heavy atom. The number of carboxylic acids is 1. The second-order valence-corrected chi connectivity index (χ2v) is 9.20. The smallest absolute Gasteiger partial charge is 0.416 e. The van der Waals surface area contributed by atoms with Crippen LogP contribution in [0, 0.1) is 0 Å². The van der Waals surface area contributed by atoms with Gasteiger partial charge in [0.25, 0.3) is 5.91 Å². The van der Waals surface area contributed by atoms with Crippen molar-refractivity contribution < 1.29 is 32.6 Å². The van der Waals surface area contributed by atoms with Crippen molar-refractivity contribution in [1.29, 1.82) is 0 Å². The van der Waals surface area contributed by atoms with Crippen molar-refractivity contribution in [2.45, 2.75) is 18.6 Å². The van der Waals surface area contributed by atoms with Gasteiger partial charge in [-0.3, -0.25) is 4.79 Å². The lowest BCUT2D eigenvalue weighted by Crippen LogP contribution is -2.42. The molecule has 0 unspecified atom stereocenters. The number of alkyl halides is 3. The van der Waals surface area contributed by atoms with Gasteiger partial charge in [-0.1, -0.05) is 66.2 Å². The van der Waals surface area contributed by atoms with Crippen molar-refractivity contribution in [3.05, 3.63) is 113 Å². The molecule has 0 aliphatic rings. The Labute approximate surface area is 227 Å². The molecule has 4 aromatic carbocycles. The maximum Gasteiger partial charge on any atom is 0.416 e. The number of methoxy groups -OCH3 is 1. The second kappa shape index (κ2) is 11.6. The first-order valence-electron chi connectivity index (χ1n) is 11.8. The van der Waals surface area contributed by atoms with E-state index in [1.165, 1.54) is 31.4 Å². The SMILES string of the molecule is COc1ccc(-c2ccc(C(F)(F)F)cc2)cc1C(=O)N[C@H](Cc1ccc(-c2ccc(Cl)cc2)cc1)C(=O)O. The van der Waals surface area contributed by atoms with E-state index >= 15 is 0 Å². The van der Waals surface area contributed by atoms with E-state index in [0.717, 1.165) is 23.3 Å². The summed E-state index contributed by atoms with van der Waals surface area (Å²) in [5.41, 5.74) is 2.77. The van der Waals surface area contributed by atoms with Crippen molar-refractivity contribution in [2.75, 3.05) is 7.11 Å². The molecule has 0 aliphatic carbocycles. The third-order valence-corrected chi connectivity index (χ3v) is 6.42. The maximum absolute atomic E-state index is 13.2. The number of ether oxygens (including phenoxy) is 1. The molecule has 0 saturated carbocycles. The van der Waals surface area contributed by atoms with Gasteiger partial charge >= 0.3 is 12.1 Å². The van der Waals surface area contributed by atoms with Crippen LogP contribution in [0.25, 0.3) is 22.3 Å². The van der Waals surface area contributed by atoms with Crippen LogP contribution in [-0.2, 0) is 17.4 Å². The minimum Gasteiger partial charge on any atom is -0.496 e. The monoisotopic (exact) mass is 553 g/mol. The second-order valence-electron chi connectivity index (χ2n) is 8.76. The van der Waals surface area contributed by atoms with E-state index in [-0.39, 0.29) is 17.7 Å². The first-order valence-corrected chi connectivity index (χ1v) is 12.2. The van der Waals surface area contributed by atoms with Gasteiger partial charge in [-0.05, 0) is 64.2 Å². The largest absolute Gasteiger partial charge is 0.496 e. The van der Waals surface area contributed by atoms with Gasteiger partial charge in [0.1, 0.15) is 11.8 Å². The molecule has 4 aromatic rings. The summed E-state index contributed by atoms with van der Waals surface area (Å²) < 4.78 is 44.0. The fourth-order valence-electron chi connectivity index (χ4n) is 4.06. The Hall–Kier alpha value is -4.30. The number of hydrogen-bond acceptors (Lipinski definition) is 3. The molecule has 0 radical (unpaired) electrons. The van der Waals surface area contributed by atoms with Crippen molar-refractivity contribution >= 4 is 23.5 Å². The summed E-state index contributed by atoms with van der Waals surface area (Å²) in [6, 6.07) is 22.5. The van der Waals surface area contributed by atoms with Crippen LogP contribution in [-0.4, -0.2) is 30.1 Å². The number of benzene rings is 4. The van der Waals surface area contributed by atoms with Crippen LogP contribution >= 0.6 is 11.6 Å². The summed E-state index contributed by atoms with van der Waals surface area (Å²) in [4.78, 5) is 25.1. The van der Waals surface area contributed by atoms with Gasteiger partial charge in [0.15, 0.2) is 0 Å². The highest BCUT2D eigenvalue weighted by molar-refractivity contribution is 6.30. The molecule has 9 heteroatoms. The van der Waals surface area contributed by atoms with Crippen molar-refractivity contribution in [3.63, 3.8) is 0 Å². The number of carbonyl (C=O) groups is 2. The van der Waals surface area contributed by atoms with E-state index in [1.807, 2.05) is 24.3 Å². The lowest BCUT2D eigenvalue weighted by Gasteiger charge is -2.17. The third kappa shape index (κ3) is 6.78. The summed E-state index contributed by atoms with van der Waals surface area (Å²) in [6.07, 6.45) is -4.44. The minimum atomic E-state index is -4.47. The molecule has 39 heavy (non-hydrogen) atoms. The van der Waals surface area contributed by atoms with E-state index in [4.69, 9.17) is 16.3 Å². The lowest BCUT2D eigenvalue weighted by molar-refractivity contribution is -0.139. The molecule has 5 nitrogen and oxygen atoms in total. The van der Waals surface area contributed by atoms with Crippen LogP contribution in [0.3, 0.4) is 0 Å². The van der Waals surface area contributed by atoms with Gasteiger partial charge in [-0.2, -0.15) is 13.2 Å². The van der Waals surface area contributed by atoms with Crippen LogP contribution in [0.5, 0.6) is 5.75 Å². The molecule has 0 aromatic heterocycles. The first-order chi connectivity index (χ1) is 18.5. The van der Waals surface area contributed by atoms with Crippen LogP contribution < -0.4 is 10.1 Å².